The molecule has 4 heteroatoms. The maximum atomic E-state index is 5.61. The zero-order chi connectivity index (χ0) is 12.1. The van der Waals surface area contributed by atoms with E-state index in [1.54, 1.807) is 0 Å². The number of likely N-dealkylation sites (N-methyl/N-ethyl adjacent to an activating group) is 1. The number of aromatic nitrogens is 1. The van der Waals surface area contributed by atoms with E-state index in [0.29, 0.717) is 12.5 Å². The monoisotopic (exact) mass is 235 g/mol. The summed E-state index contributed by atoms with van der Waals surface area (Å²) >= 11 is 0. The van der Waals surface area contributed by atoms with Crippen molar-refractivity contribution in [3.63, 3.8) is 0 Å². The first-order valence-electron chi connectivity index (χ1n) is 6.22. The van der Waals surface area contributed by atoms with Gasteiger partial charge in [0.2, 0.25) is 5.88 Å². The van der Waals surface area contributed by atoms with E-state index in [0.717, 1.165) is 19.1 Å². The topological polar surface area (TPSA) is 37.4 Å². The lowest BCUT2D eigenvalue weighted by molar-refractivity contribution is 0.226. The maximum absolute atomic E-state index is 5.61. The molecule has 0 unspecified atom stereocenters. The van der Waals surface area contributed by atoms with Crippen molar-refractivity contribution in [2.45, 2.75) is 25.4 Å². The minimum absolute atomic E-state index is 0.714. The van der Waals surface area contributed by atoms with Crippen LogP contribution in [0.4, 0.5) is 0 Å². The Morgan fingerprint density at radius 1 is 1.47 bits per heavy atom. The smallest absolute Gasteiger partial charge is 0.213 e. The van der Waals surface area contributed by atoms with Gasteiger partial charge in [0.05, 0.1) is 0 Å². The average molecular weight is 235 g/mol. The van der Waals surface area contributed by atoms with Crippen molar-refractivity contribution < 1.29 is 4.74 Å². The highest BCUT2D eigenvalue weighted by atomic mass is 16.5. The van der Waals surface area contributed by atoms with Crippen LogP contribution in [-0.4, -0.2) is 43.2 Å². The number of pyridine rings is 1. The lowest BCUT2D eigenvalue weighted by atomic mass is 10.3. The fourth-order valence-corrected chi connectivity index (χ4v) is 1.80. The van der Waals surface area contributed by atoms with Crippen molar-refractivity contribution in [1.29, 1.82) is 0 Å². The van der Waals surface area contributed by atoms with Crippen molar-refractivity contribution in [2.75, 3.05) is 27.2 Å². The Morgan fingerprint density at radius 2 is 2.29 bits per heavy atom. The van der Waals surface area contributed by atoms with Crippen LogP contribution in [0.2, 0.25) is 0 Å². The zero-order valence-electron chi connectivity index (χ0n) is 10.6. The van der Waals surface area contributed by atoms with E-state index in [1.807, 2.05) is 25.4 Å². The minimum atomic E-state index is 0.714. The molecule has 0 amide bonds. The average Bonchev–Trinajstić information content (AvgIpc) is 3.15. The third-order valence-corrected chi connectivity index (χ3v) is 3.04. The van der Waals surface area contributed by atoms with Gasteiger partial charge in [-0.3, -0.25) is 0 Å². The number of ether oxygens (including phenoxy) is 1. The fourth-order valence-electron chi connectivity index (χ4n) is 1.80. The normalized spacial score (nSPS) is 15.2. The van der Waals surface area contributed by atoms with E-state index in [2.05, 4.69) is 22.2 Å². The van der Waals surface area contributed by atoms with E-state index in [-0.39, 0.29) is 0 Å². The van der Waals surface area contributed by atoms with Gasteiger partial charge in [-0.2, -0.15) is 0 Å². The molecule has 0 aliphatic heterocycles. The molecule has 0 atom stereocenters. The molecular formula is C13H21N3O. The van der Waals surface area contributed by atoms with E-state index < -0.39 is 0 Å². The van der Waals surface area contributed by atoms with Gasteiger partial charge in [-0.15, -0.1) is 0 Å². The Labute approximate surface area is 103 Å². The van der Waals surface area contributed by atoms with Gasteiger partial charge in [-0.05, 0) is 32.5 Å². The molecule has 0 bridgehead atoms. The van der Waals surface area contributed by atoms with Crippen LogP contribution in [0.15, 0.2) is 18.3 Å². The zero-order valence-corrected chi connectivity index (χ0v) is 10.6. The van der Waals surface area contributed by atoms with Crippen LogP contribution >= 0.6 is 0 Å². The molecule has 0 spiro atoms. The summed E-state index contributed by atoms with van der Waals surface area (Å²) in [4.78, 5) is 6.63. The molecule has 0 aromatic carbocycles. The standard InChI is InChI=1S/C13H21N3O/c1-14-9-11-3-6-13(15-10-11)17-8-7-16(2)12-4-5-12/h3,6,10,12,14H,4-5,7-9H2,1-2H3. The van der Waals surface area contributed by atoms with E-state index in [9.17, 15) is 0 Å². The highest BCUT2D eigenvalue weighted by Gasteiger charge is 2.25. The summed E-state index contributed by atoms with van der Waals surface area (Å²) in [6, 6.07) is 4.78. The predicted octanol–water partition coefficient (Wildman–Crippen LogP) is 1.27. The molecule has 4 nitrogen and oxygen atoms in total. The quantitative estimate of drug-likeness (QED) is 0.772. The molecule has 1 N–H and O–H groups in total. The molecule has 0 saturated heterocycles. The van der Waals surface area contributed by atoms with Crippen molar-refractivity contribution in [3.8, 4) is 5.88 Å². The van der Waals surface area contributed by atoms with Crippen LogP contribution < -0.4 is 10.1 Å². The molecule has 17 heavy (non-hydrogen) atoms. The van der Waals surface area contributed by atoms with E-state index in [1.165, 1.54) is 18.4 Å². The molecule has 1 heterocycles. The predicted molar refractivity (Wildman–Crippen MR) is 68.1 cm³/mol. The van der Waals surface area contributed by atoms with Gasteiger partial charge in [-0.1, -0.05) is 6.07 Å². The highest BCUT2D eigenvalue weighted by Crippen LogP contribution is 2.24. The Balaban J connectivity index is 1.70. The molecule has 1 fully saturated rings. The summed E-state index contributed by atoms with van der Waals surface area (Å²) in [6.45, 7) is 2.54. The summed E-state index contributed by atoms with van der Waals surface area (Å²) < 4.78 is 5.61. The minimum Gasteiger partial charge on any atom is -0.476 e. The number of hydrogen-bond donors (Lipinski definition) is 1. The lowest BCUT2D eigenvalue weighted by Gasteiger charge is -2.15. The van der Waals surface area contributed by atoms with Crippen LogP contribution in [0.1, 0.15) is 18.4 Å². The summed E-state index contributed by atoms with van der Waals surface area (Å²) in [7, 11) is 4.09. The van der Waals surface area contributed by atoms with Crippen molar-refractivity contribution in [1.82, 2.24) is 15.2 Å². The van der Waals surface area contributed by atoms with Crippen LogP contribution in [0.3, 0.4) is 0 Å². The number of hydrogen-bond acceptors (Lipinski definition) is 4. The van der Waals surface area contributed by atoms with Gasteiger partial charge >= 0.3 is 0 Å². The highest BCUT2D eigenvalue weighted by molar-refractivity contribution is 5.17. The van der Waals surface area contributed by atoms with Gasteiger partial charge in [0.25, 0.3) is 0 Å². The molecular weight excluding hydrogens is 214 g/mol. The molecule has 94 valence electrons. The second-order valence-electron chi connectivity index (χ2n) is 4.60. The molecule has 1 aromatic rings. The first-order chi connectivity index (χ1) is 8.29. The Hall–Kier alpha value is -1.13. The Bertz CT molecular complexity index is 335. The lowest BCUT2D eigenvalue weighted by Crippen LogP contribution is -2.26. The van der Waals surface area contributed by atoms with Gasteiger partial charge < -0.3 is 15.0 Å². The number of nitrogens with zero attached hydrogens (tertiary/aromatic N) is 2. The first kappa shape index (κ1) is 12.3. The second kappa shape index (κ2) is 5.98. The summed E-state index contributed by atoms with van der Waals surface area (Å²) in [5.74, 6) is 0.717. The fraction of sp³-hybridized carbons (Fsp3) is 0.615. The molecule has 1 aliphatic rings. The molecule has 2 rings (SSSR count). The molecule has 1 aromatic heterocycles. The van der Waals surface area contributed by atoms with Crippen molar-refractivity contribution >= 4 is 0 Å². The van der Waals surface area contributed by atoms with Gasteiger partial charge in [0.1, 0.15) is 6.61 Å². The molecule has 0 radical (unpaired) electrons. The molecule has 1 saturated carbocycles. The van der Waals surface area contributed by atoms with Crippen LogP contribution in [0.25, 0.3) is 0 Å². The summed E-state index contributed by atoms with van der Waals surface area (Å²) in [5, 5.41) is 3.09. The van der Waals surface area contributed by atoms with E-state index >= 15 is 0 Å². The van der Waals surface area contributed by atoms with Crippen molar-refractivity contribution in [2.24, 2.45) is 0 Å². The Morgan fingerprint density at radius 3 is 2.88 bits per heavy atom. The third kappa shape index (κ3) is 3.98. The second-order valence-corrected chi connectivity index (χ2v) is 4.60. The number of nitrogens with one attached hydrogen (secondary N) is 1. The van der Waals surface area contributed by atoms with Crippen molar-refractivity contribution in [3.05, 3.63) is 23.9 Å². The van der Waals surface area contributed by atoms with Gasteiger partial charge in [0, 0.05) is 31.4 Å². The number of rotatable bonds is 7. The van der Waals surface area contributed by atoms with Crippen LogP contribution in [0.5, 0.6) is 5.88 Å². The summed E-state index contributed by atoms with van der Waals surface area (Å²) in [5.41, 5.74) is 1.18. The van der Waals surface area contributed by atoms with Crippen LogP contribution in [0, 0.1) is 0 Å². The largest absolute Gasteiger partial charge is 0.476 e. The van der Waals surface area contributed by atoms with Crippen LogP contribution in [-0.2, 0) is 6.54 Å². The summed E-state index contributed by atoms with van der Waals surface area (Å²) in [6.07, 6.45) is 4.54. The van der Waals surface area contributed by atoms with E-state index in [4.69, 9.17) is 4.74 Å². The Kier molecular flexibility index (Phi) is 4.34. The third-order valence-electron chi connectivity index (χ3n) is 3.04. The first-order valence-corrected chi connectivity index (χ1v) is 6.22. The van der Waals surface area contributed by atoms with Gasteiger partial charge in [0.15, 0.2) is 0 Å². The maximum Gasteiger partial charge on any atom is 0.213 e. The SMILES string of the molecule is CNCc1ccc(OCCN(C)C2CC2)nc1. The molecule has 1 aliphatic carbocycles. The van der Waals surface area contributed by atoms with Gasteiger partial charge in [-0.25, -0.2) is 4.98 Å².